The fourth-order valence-corrected chi connectivity index (χ4v) is 2.59. The summed E-state index contributed by atoms with van der Waals surface area (Å²) in [6.07, 6.45) is 2.82. The first-order valence-electron chi connectivity index (χ1n) is 6.61. The van der Waals surface area contributed by atoms with E-state index >= 15 is 0 Å². The zero-order valence-electron chi connectivity index (χ0n) is 11.8. The molecule has 1 aliphatic heterocycles. The molecule has 1 aromatic heterocycles. The summed E-state index contributed by atoms with van der Waals surface area (Å²) in [5.74, 6) is 1.99. The van der Waals surface area contributed by atoms with Crippen LogP contribution in [0.4, 0.5) is 11.6 Å². The van der Waals surface area contributed by atoms with E-state index in [-0.39, 0.29) is 0 Å². The topological polar surface area (TPSA) is 44.3 Å². The van der Waals surface area contributed by atoms with E-state index in [1.807, 2.05) is 7.05 Å². The van der Waals surface area contributed by atoms with Gasteiger partial charge in [0.1, 0.15) is 18.0 Å². The molecule has 18 heavy (non-hydrogen) atoms. The molecule has 0 aromatic carbocycles. The lowest BCUT2D eigenvalue weighted by molar-refractivity contribution is 0.213. The average molecular weight is 249 g/mol. The van der Waals surface area contributed by atoms with E-state index in [0.717, 1.165) is 36.8 Å². The Bertz CT molecular complexity index is 406. The first-order chi connectivity index (χ1) is 8.67. The molecule has 5 heteroatoms. The number of anilines is 2. The Labute approximate surface area is 109 Å². The summed E-state index contributed by atoms with van der Waals surface area (Å²) in [6, 6.07) is 0.617. The Hall–Kier alpha value is -1.36. The van der Waals surface area contributed by atoms with Crippen LogP contribution in [0.15, 0.2) is 6.33 Å². The zero-order chi connectivity index (χ0) is 13.1. The van der Waals surface area contributed by atoms with Crippen LogP contribution < -0.4 is 10.2 Å². The fraction of sp³-hybridized carbons (Fsp3) is 0.692. The number of piperazine rings is 1. The van der Waals surface area contributed by atoms with Crippen molar-refractivity contribution < 1.29 is 0 Å². The van der Waals surface area contributed by atoms with Crippen molar-refractivity contribution in [1.29, 1.82) is 0 Å². The highest BCUT2D eigenvalue weighted by molar-refractivity contribution is 5.57. The highest BCUT2D eigenvalue weighted by Gasteiger charge is 2.25. The monoisotopic (exact) mass is 249 g/mol. The molecule has 0 saturated carbocycles. The number of hydrogen-bond acceptors (Lipinski definition) is 5. The molecule has 100 valence electrons. The fourth-order valence-electron chi connectivity index (χ4n) is 2.59. The van der Waals surface area contributed by atoms with Crippen molar-refractivity contribution in [3.63, 3.8) is 0 Å². The SMILES string of the molecule is CCC1CN(c2ncnc(NC)c2C)CCN1C. The van der Waals surface area contributed by atoms with Gasteiger partial charge in [0.15, 0.2) is 0 Å². The van der Waals surface area contributed by atoms with E-state index in [9.17, 15) is 0 Å². The van der Waals surface area contributed by atoms with Gasteiger partial charge in [-0.15, -0.1) is 0 Å². The molecular formula is C13H23N5. The van der Waals surface area contributed by atoms with Crippen molar-refractivity contribution in [3.05, 3.63) is 11.9 Å². The molecule has 2 heterocycles. The van der Waals surface area contributed by atoms with Gasteiger partial charge in [0.25, 0.3) is 0 Å². The van der Waals surface area contributed by atoms with Gasteiger partial charge in [-0.1, -0.05) is 6.92 Å². The van der Waals surface area contributed by atoms with Crippen LogP contribution in [0.5, 0.6) is 0 Å². The number of hydrogen-bond donors (Lipinski definition) is 1. The van der Waals surface area contributed by atoms with Gasteiger partial charge < -0.3 is 10.2 Å². The molecule has 1 saturated heterocycles. The maximum atomic E-state index is 4.46. The van der Waals surface area contributed by atoms with Crippen LogP contribution in [0.25, 0.3) is 0 Å². The second-order valence-corrected chi connectivity index (χ2v) is 4.91. The lowest BCUT2D eigenvalue weighted by atomic mass is 10.1. The van der Waals surface area contributed by atoms with Crippen molar-refractivity contribution in [2.45, 2.75) is 26.3 Å². The van der Waals surface area contributed by atoms with Crippen LogP contribution in [0.1, 0.15) is 18.9 Å². The smallest absolute Gasteiger partial charge is 0.137 e. The van der Waals surface area contributed by atoms with E-state index in [4.69, 9.17) is 0 Å². The molecule has 2 rings (SSSR count). The van der Waals surface area contributed by atoms with E-state index < -0.39 is 0 Å². The van der Waals surface area contributed by atoms with Crippen LogP contribution in [0, 0.1) is 6.92 Å². The van der Waals surface area contributed by atoms with Gasteiger partial charge in [-0.05, 0) is 20.4 Å². The van der Waals surface area contributed by atoms with Gasteiger partial charge in [0.2, 0.25) is 0 Å². The molecule has 1 atom stereocenters. The Balaban J connectivity index is 2.21. The number of rotatable bonds is 3. The minimum Gasteiger partial charge on any atom is -0.373 e. The van der Waals surface area contributed by atoms with E-state index in [2.05, 4.69) is 46.0 Å². The summed E-state index contributed by atoms with van der Waals surface area (Å²) >= 11 is 0. The molecule has 5 nitrogen and oxygen atoms in total. The number of nitrogens with zero attached hydrogens (tertiary/aromatic N) is 4. The Morgan fingerprint density at radius 2 is 2.17 bits per heavy atom. The molecule has 0 spiro atoms. The molecule has 1 unspecified atom stereocenters. The van der Waals surface area contributed by atoms with Crippen LogP contribution in [-0.2, 0) is 0 Å². The predicted molar refractivity (Wildman–Crippen MR) is 75.2 cm³/mol. The molecule has 0 amide bonds. The molecule has 0 aliphatic carbocycles. The largest absolute Gasteiger partial charge is 0.373 e. The summed E-state index contributed by atoms with van der Waals surface area (Å²) in [7, 11) is 4.11. The zero-order valence-corrected chi connectivity index (χ0v) is 11.8. The average Bonchev–Trinajstić information content (AvgIpc) is 2.40. The van der Waals surface area contributed by atoms with Gasteiger partial charge in [-0.2, -0.15) is 0 Å². The molecule has 1 N–H and O–H groups in total. The van der Waals surface area contributed by atoms with Crippen molar-refractivity contribution >= 4 is 11.6 Å². The highest BCUT2D eigenvalue weighted by Crippen LogP contribution is 2.24. The minimum atomic E-state index is 0.617. The second kappa shape index (κ2) is 5.52. The summed E-state index contributed by atoms with van der Waals surface area (Å²) in [4.78, 5) is 13.5. The number of nitrogens with one attached hydrogen (secondary N) is 1. The molecule has 1 aliphatic rings. The second-order valence-electron chi connectivity index (χ2n) is 4.91. The summed E-state index contributed by atoms with van der Waals surface area (Å²) in [5.41, 5.74) is 1.14. The van der Waals surface area contributed by atoms with E-state index in [0.29, 0.717) is 6.04 Å². The molecule has 0 bridgehead atoms. The van der Waals surface area contributed by atoms with E-state index in [1.165, 1.54) is 6.42 Å². The third kappa shape index (κ3) is 2.41. The lowest BCUT2D eigenvalue weighted by Crippen LogP contribution is -2.51. The number of aromatic nitrogens is 2. The van der Waals surface area contributed by atoms with Crippen LogP contribution in [-0.4, -0.2) is 54.6 Å². The maximum Gasteiger partial charge on any atom is 0.137 e. The Morgan fingerprint density at radius 3 is 2.83 bits per heavy atom. The van der Waals surface area contributed by atoms with Crippen LogP contribution in [0.3, 0.4) is 0 Å². The van der Waals surface area contributed by atoms with Crippen LogP contribution in [0.2, 0.25) is 0 Å². The van der Waals surface area contributed by atoms with Crippen LogP contribution >= 0.6 is 0 Å². The summed E-state index contributed by atoms with van der Waals surface area (Å²) in [5, 5.41) is 3.12. The van der Waals surface area contributed by atoms with Gasteiger partial charge in [-0.3, -0.25) is 4.90 Å². The van der Waals surface area contributed by atoms with Gasteiger partial charge in [0, 0.05) is 38.3 Å². The summed E-state index contributed by atoms with van der Waals surface area (Å²) in [6.45, 7) is 7.51. The molecule has 1 aromatic rings. The standard InChI is InChI=1S/C13H23N5/c1-5-11-8-18(7-6-17(11)4)13-10(2)12(14-3)15-9-16-13/h9,11H,5-8H2,1-4H3,(H,14,15,16). The predicted octanol–water partition coefficient (Wildman–Crippen LogP) is 1.36. The third-order valence-corrected chi connectivity index (χ3v) is 3.84. The first-order valence-corrected chi connectivity index (χ1v) is 6.61. The Kier molecular flexibility index (Phi) is 4.01. The highest BCUT2D eigenvalue weighted by atomic mass is 15.3. The van der Waals surface area contributed by atoms with Crippen molar-refractivity contribution in [1.82, 2.24) is 14.9 Å². The van der Waals surface area contributed by atoms with Crippen molar-refractivity contribution in [2.24, 2.45) is 0 Å². The third-order valence-electron chi connectivity index (χ3n) is 3.84. The first kappa shape index (κ1) is 13.1. The van der Waals surface area contributed by atoms with Crippen molar-refractivity contribution in [2.75, 3.05) is 43.9 Å². The van der Waals surface area contributed by atoms with E-state index in [1.54, 1.807) is 6.33 Å². The van der Waals surface area contributed by atoms with Gasteiger partial charge >= 0.3 is 0 Å². The molecular weight excluding hydrogens is 226 g/mol. The Morgan fingerprint density at radius 1 is 1.39 bits per heavy atom. The minimum absolute atomic E-state index is 0.617. The molecule has 1 fully saturated rings. The maximum absolute atomic E-state index is 4.46. The molecule has 0 radical (unpaired) electrons. The quantitative estimate of drug-likeness (QED) is 0.876. The summed E-state index contributed by atoms with van der Waals surface area (Å²) < 4.78 is 0. The van der Waals surface area contributed by atoms with Gasteiger partial charge in [-0.25, -0.2) is 9.97 Å². The lowest BCUT2D eigenvalue weighted by Gasteiger charge is -2.40. The van der Waals surface area contributed by atoms with Gasteiger partial charge in [0.05, 0.1) is 0 Å². The number of likely N-dealkylation sites (N-methyl/N-ethyl adjacent to an activating group) is 1. The van der Waals surface area contributed by atoms with Crippen molar-refractivity contribution in [3.8, 4) is 0 Å². The normalized spacial score (nSPS) is 21.1.